The van der Waals surface area contributed by atoms with Crippen LogP contribution < -0.4 is 5.73 Å². The molecule has 5 nitrogen and oxygen atoms in total. The smallest absolute Gasteiger partial charge is 0.0962 e. The Morgan fingerprint density at radius 3 is 2.86 bits per heavy atom. The lowest BCUT2D eigenvalue weighted by molar-refractivity contribution is 0.309. The van der Waals surface area contributed by atoms with E-state index < -0.39 is 0 Å². The summed E-state index contributed by atoms with van der Waals surface area (Å²) in [5.41, 5.74) is 9.37. The molecular formula is C17H25N5. The van der Waals surface area contributed by atoms with Crippen molar-refractivity contribution in [3.8, 4) is 0 Å². The Balaban J connectivity index is 1.66. The molecule has 1 aromatic carbocycles. The van der Waals surface area contributed by atoms with Gasteiger partial charge in [0, 0.05) is 26.2 Å². The molecule has 5 heteroatoms. The molecule has 1 aromatic heterocycles. The monoisotopic (exact) mass is 299 g/mol. The first-order valence-electron chi connectivity index (χ1n) is 8.08. The molecule has 0 saturated carbocycles. The van der Waals surface area contributed by atoms with Gasteiger partial charge in [0.1, 0.15) is 0 Å². The van der Waals surface area contributed by atoms with Crippen LogP contribution in [0, 0.1) is 0 Å². The van der Waals surface area contributed by atoms with E-state index in [-0.39, 0.29) is 0 Å². The van der Waals surface area contributed by atoms with Crippen LogP contribution in [-0.4, -0.2) is 33.0 Å². The first-order chi connectivity index (χ1) is 10.7. The second-order valence-corrected chi connectivity index (χ2v) is 6.43. The molecule has 1 unspecified atom stereocenters. The van der Waals surface area contributed by atoms with E-state index in [9.17, 15) is 0 Å². The Labute approximate surface area is 132 Å². The molecule has 0 amide bonds. The molecule has 1 fully saturated rings. The summed E-state index contributed by atoms with van der Waals surface area (Å²) in [5, 5.41) is 8.31. The highest BCUT2D eigenvalue weighted by Crippen LogP contribution is 2.25. The van der Waals surface area contributed by atoms with E-state index in [4.69, 9.17) is 5.73 Å². The first-order valence-corrected chi connectivity index (χ1v) is 8.08. The topological polar surface area (TPSA) is 60.0 Å². The van der Waals surface area contributed by atoms with Crippen LogP contribution in [0.25, 0.3) is 0 Å². The average molecular weight is 299 g/mol. The molecule has 0 spiro atoms. The number of hydrogen-bond donors (Lipinski definition) is 1. The lowest BCUT2D eigenvalue weighted by Gasteiger charge is -2.19. The van der Waals surface area contributed by atoms with Gasteiger partial charge >= 0.3 is 0 Å². The first kappa shape index (κ1) is 15.2. The number of rotatable bonds is 5. The molecule has 0 bridgehead atoms. The largest absolute Gasteiger partial charge is 0.325 e. The van der Waals surface area contributed by atoms with Crippen molar-refractivity contribution in [2.45, 2.75) is 45.3 Å². The maximum atomic E-state index is 5.61. The highest BCUT2D eigenvalue weighted by atomic mass is 15.4. The Kier molecular flexibility index (Phi) is 4.55. The highest BCUT2D eigenvalue weighted by Gasteiger charge is 2.25. The van der Waals surface area contributed by atoms with Gasteiger partial charge in [0.15, 0.2) is 0 Å². The highest BCUT2D eigenvalue weighted by molar-refractivity contribution is 5.29. The van der Waals surface area contributed by atoms with Crippen molar-refractivity contribution < 1.29 is 0 Å². The van der Waals surface area contributed by atoms with Gasteiger partial charge in [-0.25, -0.2) is 4.68 Å². The van der Waals surface area contributed by atoms with Crippen molar-refractivity contribution in [1.29, 1.82) is 0 Å². The standard InChI is InChI=1S/C17H25N5/c1-13(2)17-6-4-3-5-14(17)10-21-8-7-16(12-21)22-11-15(9-18)19-20-22/h3-6,11,13,16H,7-10,12,18H2,1-2H3. The van der Waals surface area contributed by atoms with Gasteiger partial charge in [0.25, 0.3) is 0 Å². The summed E-state index contributed by atoms with van der Waals surface area (Å²) >= 11 is 0. The van der Waals surface area contributed by atoms with Gasteiger partial charge in [-0.3, -0.25) is 4.90 Å². The van der Waals surface area contributed by atoms with Gasteiger partial charge < -0.3 is 5.73 Å². The molecule has 1 aliphatic rings. The van der Waals surface area contributed by atoms with E-state index in [2.05, 4.69) is 53.3 Å². The van der Waals surface area contributed by atoms with Crippen LogP contribution in [0.1, 0.15) is 49.0 Å². The molecule has 1 saturated heterocycles. The summed E-state index contributed by atoms with van der Waals surface area (Å²) < 4.78 is 1.98. The third-order valence-corrected chi connectivity index (χ3v) is 4.46. The number of nitrogens with two attached hydrogens (primary N) is 1. The van der Waals surface area contributed by atoms with E-state index in [1.54, 1.807) is 0 Å². The number of hydrogen-bond acceptors (Lipinski definition) is 4. The summed E-state index contributed by atoms with van der Waals surface area (Å²) in [6.07, 6.45) is 3.10. The summed E-state index contributed by atoms with van der Waals surface area (Å²) in [6.45, 7) is 8.13. The molecule has 0 aliphatic carbocycles. The third kappa shape index (κ3) is 3.20. The fourth-order valence-corrected chi connectivity index (χ4v) is 3.24. The van der Waals surface area contributed by atoms with Crippen LogP contribution in [-0.2, 0) is 13.1 Å². The summed E-state index contributed by atoms with van der Waals surface area (Å²) in [5.74, 6) is 0.567. The fourth-order valence-electron chi connectivity index (χ4n) is 3.24. The van der Waals surface area contributed by atoms with Crippen LogP contribution in [0.5, 0.6) is 0 Å². The molecule has 3 rings (SSSR count). The van der Waals surface area contributed by atoms with Crippen LogP contribution in [0.2, 0.25) is 0 Å². The quantitative estimate of drug-likeness (QED) is 0.920. The SMILES string of the molecule is CC(C)c1ccccc1CN1CCC(n2cc(CN)nn2)C1. The minimum Gasteiger partial charge on any atom is -0.325 e. The van der Waals surface area contributed by atoms with Crippen LogP contribution in [0.3, 0.4) is 0 Å². The predicted molar refractivity (Wildman–Crippen MR) is 87.4 cm³/mol. The number of benzene rings is 1. The van der Waals surface area contributed by atoms with Crippen molar-refractivity contribution in [1.82, 2.24) is 19.9 Å². The number of aromatic nitrogens is 3. The van der Waals surface area contributed by atoms with Crippen molar-refractivity contribution >= 4 is 0 Å². The zero-order chi connectivity index (χ0) is 15.5. The van der Waals surface area contributed by atoms with Crippen molar-refractivity contribution in [3.63, 3.8) is 0 Å². The maximum Gasteiger partial charge on any atom is 0.0962 e. The van der Waals surface area contributed by atoms with Gasteiger partial charge in [0.05, 0.1) is 17.9 Å². The minimum absolute atomic E-state index is 0.416. The lowest BCUT2D eigenvalue weighted by atomic mass is 9.97. The lowest BCUT2D eigenvalue weighted by Crippen LogP contribution is -2.22. The van der Waals surface area contributed by atoms with Gasteiger partial charge in [-0.15, -0.1) is 5.10 Å². The molecule has 1 aliphatic heterocycles. The Hall–Kier alpha value is -1.72. The second kappa shape index (κ2) is 6.58. The maximum absolute atomic E-state index is 5.61. The van der Waals surface area contributed by atoms with Gasteiger partial charge in [-0.05, 0) is 23.5 Å². The van der Waals surface area contributed by atoms with Gasteiger partial charge in [-0.1, -0.05) is 43.3 Å². The third-order valence-electron chi connectivity index (χ3n) is 4.46. The molecule has 2 heterocycles. The summed E-state index contributed by atoms with van der Waals surface area (Å²) in [4.78, 5) is 2.51. The van der Waals surface area contributed by atoms with E-state index in [1.165, 1.54) is 11.1 Å². The van der Waals surface area contributed by atoms with E-state index in [0.29, 0.717) is 18.5 Å². The predicted octanol–water partition coefficient (Wildman–Crippen LogP) is 2.31. The van der Waals surface area contributed by atoms with Crippen molar-refractivity contribution in [2.75, 3.05) is 13.1 Å². The fraction of sp³-hybridized carbons (Fsp3) is 0.529. The Morgan fingerprint density at radius 2 is 2.14 bits per heavy atom. The molecule has 0 radical (unpaired) electrons. The summed E-state index contributed by atoms with van der Waals surface area (Å²) in [7, 11) is 0. The molecule has 2 aromatic rings. The van der Waals surface area contributed by atoms with E-state index in [0.717, 1.165) is 31.7 Å². The zero-order valence-electron chi connectivity index (χ0n) is 13.4. The zero-order valence-corrected chi connectivity index (χ0v) is 13.4. The van der Waals surface area contributed by atoms with Crippen molar-refractivity contribution in [3.05, 3.63) is 47.3 Å². The van der Waals surface area contributed by atoms with E-state index in [1.807, 2.05) is 10.9 Å². The molecule has 22 heavy (non-hydrogen) atoms. The number of likely N-dealkylation sites (tertiary alicyclic amines) is 1. The minimum atomic E-state index is 0.416. The molecular weight excluding hydrogens is 274 g/mol. The van der Waals surface area contributed by atoms with Crippen molar-refractivity contribution in [2.24, 2.45) is 5.73 Å². The molecule has 1 atom stereocenters. The summed E-state index contributed by atoms with van der Waals surface area (Å²) in [6, 6.07) is 9.19. The van der Waals surface area contributed by atoms with Crippen LogP contribution in [0.4, 0.5) is 0 Å². The average Bonchev–Trinajstić information content (AvgIpc) is 3.16. The van der Waals surface area contributed by atoms with Gasteiger partial charge in [-0.2, -0.15) is 0 Å². The molecule has 2 N–H and O–H groups in total. The van der Waals surface area contributed by atoms with E-state index >= 15 is 0 Å². The molecule has 118 valence electrons. The Bertz CT molecular complexity index is 619. The van der Waals surface area contributed by atoms with Crippen LogP contribution in [0.15, 0.2) is 30.5 Å². The Morgan fingerprint density at radius 1 is 1.32 bits per heavy atom. The van der Waals surface area contributed by atoms with Gasteiger partial charge in [0.2, 0.25) is 0 Å². The van der Waals surface area contributed by atoms with Crippen LogP contribution >= 0.6 is 0 Å². The second-order valence-electron chi connectivity index (χ2n) is 6.43. The normalized spacial score (nSPS) is 19.2. The number of nitrogens with zero attached hydrogens (tertiary/aromatic N) is 4.